The van der Waals surface area contributed by atoms with E-state index < -0.39 is 0 Å². The Morgan fingerprint density at radius 2 is 2.40 bits per heavy atom. The molecule has 1 N–H and O–H groups in total. The third-order valence-corrected chi connectivity index (χ3v) is 1.85. The van der Waals surface area contributed by atoms with Crippen LogP contribution in [0.25, 0.3) is 0 Å². The lowest BCUT2D eigenvalue weighted by Gasteiger charge is -2.19. The first-order valence-electron chi connectivity index (χ1n) is 3.33. The Morgan fingerprint density at radius 3 is 2.80 bits per heavy atom. The molecule has 0 aromatic rings. The van der Waals surface area contributed by atoms with Gasteiger partial charge in [0.25, 0.3) is 0 Å². The Morgan fingerprint density at radius 1 is 1.70 bits per heavy atom. The molecule has 1 heterocycles. The lowest BCUT2D eigenvalue weighted by molar-refractivity contribution is 0.409. The molecule has 0 spiro atoms. The molecule has 0 aliphatic carbocycles. The van der Waals surface area contributed by atoms with E-state index in [1.807, 2.05) is 24.2 Å². The van der Waals surface area contributed by atoms with Crippen LogP contribution in [-0.4, -0.2) is 24.2 Å². The molecule has 1 rings (SSSR count). The SMILES string of the molecule is C=CC1C=CN(C)C1C=N. The second kappa shape index (κ2) is 2.69. The van der Waals surface area contributed by atoms with Gasteiger partial charge < -0.3 is 10.3 Å². The minimum atomic E-state index is 0.192. The largest absolute Gasteiger partial charge is 0.372 e. The molecule has 54 valence electrons. The third kappa shape index (κ3) is 0.967. The summed E-state index contributed by atoms with van der Waals surface area (Å²) in [5.41, 5.74) is 0. The van der Waals surface area contributed by atoms with Gasteiger partial charge in [0.2, 0.25) is 0 Å². The summed E-state index contributed by atoms with van der Waals surface area (Å²) >= 11 is 0. The quantitative estimate of drug-likeness (QED) is 0.449. The molecule has 0 saturated heterocycles. The van der Waals surface area contributed by atoms with Crippen LogP contribution < -0.4 is 0 Å². The molecular formula is C8H12N2. The van der Waals surface area contributed by atoms with Crippen LogP contribution in [0.1, 0.15) is 0 Å². The smallest absolute Gasteiger partial charge is 0.0726 e. The fourth-order valence-electron chi connectivity index (χ4n) is 1.17. The Hall–Kier alpha value is -1.05. The summed E-state index contributed by atoms with van der Waals surface area (Å²) in [5, 5.41) is 7.11. The number of hydrogen-bond acceptors (Lipinski definition) is 2. The zero-order valence-corrected chi connectivity index (χ0v) is 6.12. The predicted octanol–water partition coefficient (Wildman–Crippen LogP) is 1.27. The highest BCUT2D eigenvalue weighted by Crippen LogP contribution is 2.18. The van der Waals surface area contributed by atoms with Gasteiger partial charge in [-0.15, -0.1) is 6.58 Å². The van der Waals surface area contributed by atoms with Crippen molar-refractivity contribution in [3.05, 3.63) is 24.9 Å². The number of nitrogens with zero attached hydrogens (tertiary/aromatic N) is 1. The molecule has 0 bridgehead atoms. The van der Waals surface area contributed by atoms with Gasteiger partial charge in [-0.3, -0.25) is 0 Å². The van der Waals surface area contributed by atoms with E-state index in [1.54, 1.807) is 0 Å². The van der Waals surface area contributed by atoms with Crippen molar-refractivity contribution in [2.45, 2.75) is 6.04 Å². The highest BCUT2D eigenvalue weighted by molar-refractivity contribution is 5.63. The standard InChI is InChI=1S/C8H12N2/c1-3-7-4-5-10(2)8(7)6-9/h3-9H,1H2,2H3. The van der Waals surface area contributed by atoms with Crippen LogP contribution >= 0.6 is 0 Å². The van der Waals surface area contributed by atoms with E-state index >= 15 is 0 Å². The molecule has 0 radical (unpaired) electrons. The molecule has 0 fully saturated rings. The van der Waals surface area contributed by atoms with Gasteiger partial charge in [-0.05, 0) is 6.20 Å². The lowest BCUT2D eigenvalue weighted by Crippen LogP contribution is -2.28. The number of hydrogen-bond donors (Lipinski definition) is 1. The van der Waals surface area contributed by atoms with Crippen molar-refractivity contribution in [3.63, 3.8) is 0 Å². The molecule has 2 heteroatoms. The first kappa shape index (κ1) is 7.06. The van der Waals surface area contributed by atoms with E-state index in [0.717, 1.165) is 0 Å². The minimum absolute atomic E-state index is 0.192. The monoisotopic (exact) mass is 136 g/mol. The van der Waals surface area contributed by atoms with Crippen LogP contribution in [-0.2, 0) is 0 Å². The maximum Gasteiger partial charge on any atom is 0.0726 e. The van der Waals surface area contributed by atoms with Crippen molar-refractivity contribution >= 4 is 6.21 Å². The molecule has 1 aliphatic heterocycles. The average molecular weight is 136 g/mol. The molecule has 2 atom stereocenters. The molecule has 2 unspecified atom stereocenters. The van der Waals surface area contributed by atoms with Gasteiger partial charge in [0.15, 0.2) is 0 Å². The summed E-state index contributed by atoms with van der Waals surface area (Å²) in [7, 11) is 1.97. The van der Waals surface area contributed by atoms with Gasteiger partial charge in [-0.25, -0.2) is 0 Å². The average Bonchev–Trinajstić information content (AvgIpc) is 2.30. The summed E-state index contributed by atoms with van der Waals surface area (Å²) in [4.78, 5) is 2.01. The molecule has 0 aromatic heterocycles. The van der Waals surface area contributed by atoms with E-state index in [0.29, 0.717) is 5.92 Å². The van der Waals surface area contributed by atoms with Crippen molar-refractivity contribution in [2.75, 3.05) is 7.05 Å². The van der Waals surface area contributed by atoms with E-state index in [-0.39, 0.29) is 6.04 Å². The first-order chi connectivity index (χ1) is 4.79. The van der Waals surface area contributed by atoms with Crippen molar-refractivity contribution in [1.82, 2.24) is 4.90 Å². The minimum Gasteiger partial charge on any atom is -0.372 e. The second-order valence-electron chi connectivity index (χ2n) is 2.48. The molecule has 0 aromatic carbocycles. The van der Waals surface area contributed by atoms with Gasteiger partial charge in [0.1, 0.15) is 0 Å². The Balaban J connectivity index is 2.70. The van der Waals surface area contributed by atoms with Gasteiger partial charge >= 0.3 is 0 Å². The van der Waals surface area contributed by atoms with Gasteiger partial charge in [0, 0.05) is 19.2 Å². The van der Waals surface area contributed by atoms with E-state index in [2.05, 4.69) is 12.7 Å². The Labute approximate surface area is 61.4 Å². The van der Waals surface area contributed by atoms with Gasteiger partial charge in [0.05, 0.1) is 6.04 Å². The maximum atomic E-state index is 7.11. The van der Waals surface area contributed by atoms with Crippen molar-refractivity contribution in [1.29, 1.82) is 5.41 Å². The van der Waals surface area contributed by atoms with Crippen molar-refractivity contribution < 1.29 is 0 Å². The Bertz CT molecular complexity index is 172. The molecular weight excluding hydrogens is 124 g/mol. The molecule has 0 saturated carbocycles. The van der Waals surface area contributed by atoms with E-state index in [1.165, 1.54) is 6.21 Å². The van der Waals surface area contributed by atoms with Crippen LogP contribution in [0.2, 0.25) is 0 Å². The predicted molar refractivity (Wildman–Crippen MR) is 43.2 cm³/mol. The highest BCUT2D eigenvalue weighted by atomic mass is 15.1. The Kier molecular flexibility index (Phi) is 1.90. The summed E-state index contributed by atoms with van der Waals surface area (Å²) in [5.74, 6) is 0.322. The first-order valence-corrected chi connectivity index (χ1v) is 3.33. The third-order valence-electron chi connectivity index (χ3n) is 1.85. The fraction of sp³-hybridized carbons (Fsp3) is 0.375. The highest BCUT2D eigenvalue weighted by Gasteiger charge is 2.21. The summed E-state index contributed by atoms with van der Waals surface area (Å²) in [6, 6.07) is 0.192. The number of nitrogens with one attached hydrogen (secondary N) is 1. The summed E-state index contributed by atoms with van der Waals surface area (Å²) in [6.45, 7) is 3.69. The van der Waals surface area contributed by atoms with E-state index in [4.69, 9.17) is 5.41 Å². The van der Waals surface area contributed by atoms with Gasteiger partial charge in [-0.1, -0.05) is 12.2 Å². The van der Waals surface area contributed by atoms with Crippen LogP contribution in [0.5, 0.6) is 0 Å². The van der Waals surface area contributed by atoms with Crippen molar-refractivity contribution in [3.8, 4) is 0 Å². The maximum absolute atomic E-state index is 7.11. The molecule has 0 amide bonds. The molecule has 2 nitrogen and oxygen atoms in total. The van der Waals surface area contributed by atoms with Crippen LogP contribution in [0.15, 0.2) is 24.9 Å². The van der Waals surface area contributed by atoms with E-state index in [9.17, 15) is 0 Å². The normalized spacial score (nSPS) is 30.7. The van der Waals surface area contributed by atoms with Gasteiger partial charge in [-0.2, -0.15) is 0 Å². The zero-order chi connectivity index (χ0) is 7.56. The molecule has 10 heavy (non-hydrogen) atoms. The van der Waals surface area contributed by atoms with Crippen LogP contribution in [0.4, 0.5) is 0 Å². The fourth-order valence-corrected chi connectivity index (χ4v) is 1.17. The molecule has 1 aliphatic rings. The number of rotatable bonds is 2. The second-order valence-corrected chi connectivity index (χ2v) is 2.48. The summed E-state index contributed by atoms with van der Waals surface area (Å²) < 4.78 is 0. The zero-order valence-electron chi connectivity index (χ0n) is 6.12. The topological polar surface area (TPSA) is 27.1 Å². The summed E-state index contributed by atoms with van der Waals surface area (Å²) in [6.07, 6.45) is 7.37. The lowest BCUT2D eigenvalue weighted by atomic mass is 10.0. The van der Waals surface area contributed by atoms with Crippen LogP contribution in [0.3, 0.4) is 0 Å². The van der Waals surface area contributed by atoms with Crippen LogP contribution in [0, 0.1) is 11.3 Å². The van der Waals surface area contributed by atoms with Crippen molar-refractivity contribution in [2.24, 2.45) is 5.92 Å².